The Balaban J connectivity index is 2.94. The van der Waals surface area contributed by atoms with Crippen LogP contribution in [-0.2, 0) is 0 Å². The molecule has 0 fully saturated rings. The summed E-state index contributed by atoms with van der Waals surface area (Å²) in [6.07, 6.45) is -1.13. The van der Waals surface area contributed by atoms with Crippen molar-refractivity contribution in [2.45, 2.75) is 38.9 Å². The van der Waals surface area contributed by atoms with Gasteiger partial charge in [0.25, 0.3) is 0 Å². The average Bonchev–Trinajstić information content (AvgIpc) is 2.32. The summed E-state index contributed by atoms with van der Waals surface area (Å²) in [5, 5.41) is 19.8. The van der Waals surface area contributed by atoms with Crippen LogP contribution >= 0.6 is 0 Å². The summed E-state index contributed by atoms with van der Waals surface area (Å²) in [6.45, 7) is 3.76. The lowest BCUT2D eigenvalue weighted by Gasteiger charge is -2.25. The third-order valence-corrected chi connectivity index (χ3v) is 3.13. The Morgan fingerprint density at radius 2 is 1.71 bits per heavy atom. The van der Waals surface area contributed by atoms with Gasteiger partial charge in [-0.15, -0.1) is 0 Å². The second-order valence-electron chi connectivity index (χ2n) is 4.18. The van der Waals surface area contributed by atoms with E-state index in [1.165, 1.54) is 0 Å². The second-order valence-corrected chi connectivity index (χ2v) is 4.18. The van der Waals surface area contributed by atoms with Crippen molar-refractivity contribution >= 4 is 0 Å². The lowest BCUT2D eigenvalue weighted by molar-refractivity contribution is -0.0227. The van der Waals surface area contributed by atoms with Gasteiger partial charge >= 0.3 is 0 Å². The number of hydrogen-bond donors (Lipinski definition) is 2. The van der Waals surface area contributed by atoms with Crippen LogP contribution in [0.5, 0.6) is 0 Å². The molecule has 1 aromatic carbocycles. The zero-order valence-corrected chi connectivity index (χ0v) is 10.0. The maximum absolute atomic E-state index is 13.4. The highest BCUT2D eigenvalue weighted by Crippen LogP contribution is 2.27. The van der Waals surface area contributed by atoms with E-state index in [-0.39, 0.29) is 11.5 Å². The summed E-state index contributed by atoms with van der Waals surface area (Å²) in [6, 6.07) is 2.86. The van der Waals surface area contributed by atoms with E-state index in [0.717, 1.165) is 18.2 Å². The molecule has 0 saturated heterocycles. The first-order valence-corrected chi connectivity index (χ1v) is 5.82. The summed E-state index contributed by atoms with van der Waals surface area (Å²) in [7, 11) is 0. The summed E-state index contributed by atoms with van der Waals surface area (Å²) < 4.78 is 26.4. The fourth-order valence-corrected chi connectivity index (χ4v) is 1.95. The minimum Gasteiger partial charge on any atom is -0.390 e. The average molecular weight is 244 g/mol. The lowest BCUT2D eigenvalue weighted by Crippen LogP contribution is -2.27. The number of rotatable bonds is 5. The lowest BCUT2D eigenvalue weighted by atomic mass is 9.89. The van der Waals surface area contributed by atoms with E-state index in [1.54, 1.807) is 0 Å². The topological polar surface area (TPSA) is 40.5 Å². The highest BCUT2D eigenvalue weighted by molar-refractivity contribution is 5.22. The standard InChI is InChI=1S/C13H18F2O2/c1-3-8(4-2)12(16)13(17)10-7-9(14)5-6-11(10)15/h5-8,12-13,16-17H,3-4H2,1-2H3. The molecule has 2 atom stereocenters. The predicted molar refractivity (Wildman–Crippen MR) is 61.4 cm³/mol. The first-order chi connectivity index (χ1) is 8.01. The van der Waals surface area contributed by atoms with E-state index >= 15 is 0 Å². The number of hydrogen-bond acceptors (Lipinski definition) is 2. The van der Waals surface area contributed by atoms with Crippen LogP contribution in [0, 0.1) is 17.6 Å². The third-order valence-electron chi connectivity index (χ3n) is 3.13. The van der Waals surface area contributed by atoms with Gasteiger partial charge in [-0.1, -0.05) is 26.7 Å². The Bertz CT molecular complexity index is 364. The Morgan fingerprint density at radius 3 is 2.24 bits per heavy atom. The van der Waals surface area contributed by atoms with Crippen LogP contribution < -0.4 is 0 Å². The molecule has 2 N–H and O–H groups in total. The van der Waals surface area contributed by atoms with Crippen molar-refractivity contribution in [2.75, 3.05) is 0 Å². The third kappa shape index (κ3) is 3.23. The fraction of sp³-hybridized carbons (Fsp3) is 0.538. The first kappa shape index (κ1) is 14.1. The summed E-state index contributed by atoms with van der Waals surface area (Å²) in [5.74, 6) is -1.46. The van der Waals surface area contributed by atoms with E-state index < -0.39 is 23.8 Å². The minimum absolute atomic E-state index is 0.132. The Hall–Kier alpha value is -1.00. The van der Waals surface area contributed by atoms with Crippen molar-refractivity contribution in [3.63, 3.8) is 0 Å². The quantitative estimate of drug-likeness (QED) is 0.836. The van der Waals surface area contributed by atoms with Crippen molar-refractivity contribution in [3.8, 4) is 0 Å². The van der Waals surface area contributed by atoms with Crippen LogP contribution in [0.25, 0.3) is 0 Å². The summed E-state index contributed by atoms with van der Waals surface area (Å²) in [4.78, 5) is 0. The van der Waals surface area contributed by atoms with E-state index in [0.29, 0.717) is 12.8 Å². The molecule has 0 bridgehead atoms. The molecule has 0 aliphatic heterocycles. The van der Waals surface area contributed by atoms with Gasteiger partial charge in [0.2, 0.25) is 0 Å². The van der Waals surface area contributed by atoms with Crippen molar-refractivity contribution in [1.29, 1.82) is 0 Å². The van der Waals surface area contributed by atoms with Crippen LogP contribution in [0.2, 0.25) is 0 Å². The zero-order valence-electron chi connectivity index (χ0n) is 10.0. The van der Waals surface area contributed by atoms with E-state index in [2.05, 4.69) is 0 Å². The predicted octanol–water partition coefficient (Wildman–Crippen LogP) is 2.80. The molecule has 2 unspecified atom stereocenters. The smallest absolute Gasteiger partial charge is 0.129 e. The maximum Gasteiger partial charge on any atom is 0.129 e. The number of aliphatic hydroxyl groups excluding tert-OH is 2. The molecule has 0 amide bonds. The Kier molecular flexibility index (Phi) is 5.02. The molecule has 0 aliphatic carbocycles. The van der Waals surface area contributed by atoms with Crippen LogP contribution in [0.15, 0.2) is 18.2 Å². The van der Waals surface area contributed by atoms with Crippen molar-refractivity contribution in [2.24, 2.45) is 5.92 Å². The van der Waals surface area contributed by atoms with E-state index in [4.69, 9.17) is 0 Å². The van der Waals surface area contributed by atoms with Crippen molar-refractivity contribution in [1.82, 2.24) is 0 Å². The molecule has 2 nitrogen and oxygen atoms in total. The van der Waals surface area contributed by atoms with Gasteiger partial charge in [0.15, 0.2) is 0 Å². The van der Waals surface area contributed by atoms with Crippen LogP contribution in [0.1, 0.15) is 38.4 Å². The number of aliphatic hydroxyl groups is 2. The first-order valence-electron chi connectivity index (χ1n) is 5.82. The molecule has 0 heterocycles. The number of halogens is 2. The molecule has 0 spiro atoms. The number of benzene rings is 1. The molecule has 4 heteroatoms. The van der Waals surface area contributed by atoms with Crippen LogP contribution in [0.3, 0.4) is 0 Å². The zero-order chi connectivity index (χ0) is 13.0. The van der Waals surface area contributed by atoms with E-state index in [9.17, 15) is 19.0 Å². The van der Waals surface area contributed by atoms with Gasteiger partial charge < -0.3 is 10.2 Å². The fourth-order valence-electron chi connectivity index (χ4n) is 1.95. The van der Waals surface area contributed by atoms with E-state index in [1.807, 2.05) is 13.8 Å². The molecular formula is C13H18F2O2. The Morgan fingerprint density at radius 1 is 1.12 bits per heavy atom. The molecule has 17 heavy (non-hydrogen) atoms. The van der Waals surface area contributed by atoms with Gasteiger partial charge in [0.1, 0.15) is 17.7 Å². The van der Waals surface area contributed by atoms with Crippen molar-refractivity contribution < 1.29 is 19.0 Å². The van der Waals surface area contributed by atoms with Crippen molar-refractivity contribution in [3.05, 3.63) is 35.4 Å². The molecule has 0 aliphatic rings. The molecule has 96 valence electrons. The molecule has 1 rings (SSSR count). The summed E-state index contributed by atoms with van der Waals surface area (Å²) in [5.41, 5.74) is -0.190. The van der Waals surface area contributed by atoms with Gasteiger partial charge in [-0.25, -0.2) is 8.78 Å². The van der Waals surface area contributed by atoms with Gasteiger partial charge in [-0.05, 0) is 24.1 Å². The largest absolute Gasteiger partial charge is 0.390 e. The van der Waals surface area contributed by atoms with Gasteiger partial charge in [0, 0.05) is 5.56 Å². The molecule has 0 radical (unpaired) electrons. The van der Waals surface area contributed by atoms with Gasteiger partial charge in [0.05, 0.1) is 6.10 Å². The van der Waals surface area contributed by atoms with Crippen LogP contribution in [0.4, 0.5) is 8.78 Å². The molecule has 1 aromatic rings. The SMILES string of the molecule is CCC(CC)C(O)C(O)c1cc(F)ccc1F. The minimum atomic E-state index is -1.39. The highest BCUT2D eigenvalue weighted by atomic mass is 19.1. The normalized spacial score (nSPS) is 15.0. The second kappa shape index (κ2) is 6.07. The highest BCUT2D eigenvalue weighted by Gasteiger charge is 2.27. The Labute approximate surface area is 99.9 Å². The maximum atomic E-state index is 13.4. The summed E-state index contributed by atoms with van der Waals surface area (Å²) >= 11 is 0. The van der Waals surface area contributed by atoms with Crippen LogP contribution in [-0.4, -0.2) is 16.3 Å². The molecule has 0 saturated carbocycles. The molecular weight excluding hydrogens is 226 g/mol. The monoisotopic (exact) mass is 244 g/mol. The van der Waals surface area contributed by atoms with Gasteiger partial charge in [-0.3, -0.25) is 0 Å². The molecule has 0 aromatic heterocycles. The van der Waals surface area contributed by atoms with Gasteiger partial charge in [-0.2, -0.15) is 0 Å².